The smallest absolute Gasteiger partial charge is 0.324 e. The minimum atomic E-state index is -0.758. The van der Waals surface area contributed by atoms with Crippen LogP contribution in [-0.2, 0) is 14.3 Å². The number of fused-ring (bicyclic) bond motifs is 1. The van der Waals surface area contributed by atoms with Gasteiger partial charge in [0.1, 0.15) is 5.41 Å². The molecule has 1 heterocycles. The lowest BCUT2D eigenvalue weighted by Gasteiger charge is -2.26. The van der Waals surface area contributed by atoms with Crippen molar-refractivity contribution in [3.8, 4) is 0 Å². The fraction of sp³-hybridized carbons (Fsp3) is 0.400. The standard InChI is InChI=1S/C10H10O3/c1-6-4-3-5-7-8(11)13-9(12)10(6,7)2/h3-5,7H,1-2H3. The third-order valence-electron chi connectivity index (χ3n) is 2.96. The Kier molecular flexibility index (Phi) is 1.46. The van der Waals surface area contributed by atoms with Crippen molar-refractivity contribution in [2.24, 2.45) is 11.3 Å². The Morgan fingerprint density at radius 2 is 2.15 bits per heavy atom. The van der Waals surface area contributed by atoms with Crippen LogP contribution in [0.5, 0.6) is 0 Å². The van der Waals surface area contributed by atoms with Crippen LogP contribution >= 0.6 is 0 Å². The number of hydrogen-bond acceptors (Lipinski definition) is 3. The van der Waals surface area contributed by atoms with Crippen molar-refractivity contribution >= 4 is 11.9 Å². The highest BCUT2D eigenvalue weighted by Crippen LogP contribution is 2.45. The normalized spacial score (nSPS) is 37.1. The number of esters is 2. The minimum absolute atomic E-state index is 0.426. The summed E-state index contributed by atoms with van der Waals surface area (Å²) in [6.07, 6.45) is 5.36. The summed E-state index contributed by atoms with van der Waals surface area (Å²) in [7, 11) is 0. The maximum Gasteiger partial charge on any atom is 0.324 e. The molecular formula is C10H10O3. The van der Waals surface area contributed by atoms with E-state index in [0.717, 1.165) is 5.57 Å². The second kappa shape index (κ2) is 2.31. The molecule has 0 aromatic heterocycles. The van der Waals surface area contributed by atoms with Gasteiger partial charge in [0.25, 0.3) is 0 Å². The molecule has 68 valence electrons. The molecule has 2 atom stereocenters. The summed E-state index contributed by atoms with van der Waals surface area (Å²) in [5, 5.41) is 0. The molecule has 0 aromatic carbocycles. The zero-order chi connectivity index (χ0) is 9.64. The SMILES string of the molecule is CC1=CC=CC2C(=O)OC(=O)C12C. The van der Waals surface area contributed by atoms with Gasteiger partial charge >= 0.3 is 11.9 Å². The highest BCUT2D eigenvalue weighted by Gasteiger charge is 2.54. The maximum absolute atomic E-state index is 11.4. The predicted octanol–water partition coefficient (Wildman–Crippen LogP) is 1.21. The predicted molar refractivity (Wildman–Crippen MR) is 45.6 cm³/mol. The van der Waals surface area contributed by atoms with Gasteiger partial charge in [-0.25, -0.2) is 0 Å². The topological polar surface area (TPSA) is 43.4 Å². The van der Waals surface area contributed by atoms with Crippen LogP contribution in [0.15, 0.2) is 23.8 Å². The van der Waals surface area contributed by atoms with Crippen LogP contribution in [0.2, 0.25) is 0 Å². The van der Waals surface area contributed by atoms with E-state index in [2.05, 4.69) is 4.74 Å². The Morgan fingerprint density at radius 1 is 1.46 bits per heavy atom. The van der Waals surface area contributed by atoms with E-state index in [4.69, 9.17) is 0 Å². The van der Waals surface area contributed by atoms with E-state index in [9.17, 15) is 9.59 Å². The number of carbonyl (C=O) groups is 2. The molecular weight excluding hydrogens is 168 g/mol. The van der Waals surface area contributed by atoms with Crippen molar-refractivity contribution in [3.63, 3.8) is 0 Å². The molecule has 1 aliphatic heterocycles. The third kappa shape index (κ3) is 0.842. The molecule has 0 saturated carbocycles. The van der Waals surface area contributed by atoms with Gasteiger partial charge in [0, 0.05) is 0 Å². The Hall–Kier alpha value is -1.38. The van der Waals surface area contributed by atoms with Crippen LogP contribution in [0.25, 0.3) is 0 Å². The second-order valence-electron chi connectivity index (χ2n) is 3.62. The van der Waals surface area contributed by atoms with E-state index >= 15 is 0 Å². The molecule has 2 rings (SSSR count). The summed E-state index contributed by atoms with van der Waals surface area (Å²) in [6, 6.07) is 0. The monoisotopic (exact) mass is 178 g/mol. The number of cyclic esters (lactones) is 2. The van der Waals surface area contributed by atoms with Crippen molar-refractivity contribution in [1.29, 1.82) is 0 Å². The zero-order valence-corrected chi connectivity index (χ0v) is 7.53. The lowest BCUT2D eigenvalue weighted by Crippen LogP contribution is -2.32. The number of ether oxygens (including phenoxy) is 1. The molecule has 0 spiro atoms. The van der Waals surface area contributed by atoms with E-state index in [0.29, 0.717) is 0 Å². The number of rotatable bonds is 0. The molecule has 0 amide bonds. The van der Waals surface area contributed by atoms with E-state index in [1.54, 1.807) is 19.1 Å². The summed E-state index contributed by atoms with van der Waals surface area (Å²) in [4.78, 5) is 22.7. The molecule has 0 radical (unpaired) electrons. The van der Waals surface area contributed by atoms with E-state index in [-0.39, 0.29) is 0 Å². The molecule has 2 unspecified atom stereocenters. The largest absolute Gasteiger partial charge is 0.392 e. The molecule has 0 aromatic rings. The molecule has 0 N–H and O–H groups in total. The second-order valence-corrected chi connectivity index (χ2v) is 3.62. The summed E-state index contributed by atoms with van der Waals surface area (Å²) >= 11 is 0. The number of carbonyl (C=O) groups excluding carboxylic acids is 2. The number of hydrogen-bond donors (Lipinski definition) is 0. The molecule has 2 aliphatic rings. The van der Waals surface area contributed by atoms with E-state index in [1.165, 1.54) is 0 Å². The van der Waals surface area contributed by atoms with Crippen LogP contribution in [0, 0.1) is 11.3 Å². The zero-order valence-electron chi connectivity index (χ0n) is 7.53. The van der Waals surface area contributed by atoms with Gasteiger partial charge in [-0.2, -0.15) is 0 Å². The van der Waals surface area contributed by atoms with Gasteiger partial charge in [0.15, 0.2) is 0 Å². The average Bonchev–Trinajstić information content (AvgIpc) is 2.29. The fourth-order valence-electron chi connectivity index (χ4n) is 1.78. The van der Waals surface area contributed by atoms with Crippen LogP contribution in [0.4, 0.5) is 0 Å². The molecule has 1 fully saturated rings. The summed E-state index contributed by atoms with van der Waals surface area (Å²) in [6.45, 7) is 3.59. The Morgan fingerprint density at radius 3 is 2.77 bits per heavy atom. The van der Waals surface area contributed by atoms with Crippen LogP contribution in [-0.4, -0.2) is 11.9 Å². The van der Waals surface area contributed by atoms with Gasteiger partial charge in [0.05, 0.1) is 5.92 Å². The van der Waals surface area contributed by atoms with Crippen LogP contribution < -0.4 is 0 Å². The molecule has 1 aliphatic carbocycles. The fourth-order valence-corrected chi connectivity index (χ4v) is 1.78. The molecule has 3 heteroatoms. The third-order valence-corrected chi connectivity index (χ3v) is 2.96. The minimum Gasteiger partial charge on any atom is -0.392 e. The van der Waals surface area contributed by atoms with Gasteiger partial charge in [-0.15, -0.1) is 0 Å². The van der Waals surface area contributed by atoms with Gasteiger partial charge < -0.3 is 4.74 Å². The summed E-state index contributed by atoms with van der Waals surface area (Å²) < 4.78 is 4.61. The van der Waals surface area contributed by atoms with E-state index < -0.39 is 23.3 Å². The van der Waals surface area contributed by atoms with Gasteiger partial charge in [-0.05, 0) is 13.8 Å². The molecule has 1 saturated heterocycles. The average molecular weight is 178 g/mol. The quantitative estimate of drug-likeness (QED) is 0.413. The van der Waals surface area contributed by atoms with Crippen molar-refractivity contribution < 1.29 is 14.3 Å². The molecule has 13 heavy (non-hydrogen) atoms. The molecule has 3 nitrogen and oxygen atoms in total. The Balaban J connectivity index is 2.55. The van der Waals surface area contributed by atoms with Crippen LogP contribution in [0.1, 0.15) is 13.8 Å². The van der Waals surface area contributed by atoms with E-state index in [1.807, 2.05) is 13.0 Å². The Labute approximate surface area is 76.1 Å². The van der Waals surface area contributed by atoms with Crippen molar-refractivity contribution in [1.82, 2.24) is 0 Å². The number of allylic oxidation sites excluding steroid dienone is 2. The first kappa shape index (κ1) is 8.23. The van der Waals surface area contributed by atoms with Crippen LogP contribution in [0.3, 0.4) is 0 Å². The molecule has 0 bridgehead atoms. The van der Waals surface area contributed by atoms with Crippen molar-refractivity contribution in [2.45, 2.75) is 13.8 Å². The maximum atomic E-state index is 11.4. The van der Waals surface area contributed by atoms with Crippen molar-refractivity contribution in [2.75, 3.05) is 0 Å². The van der Waals surface area contributed by atoms with Gasteiger partial charge in [-0.1, -0.05) is 23.8 Å². The first-order chi connectivity index (χ1) is 6.06. The highest BCUT2D eigenvalue weighted by atomic mass is 16.6. The lowest BCUT2D eigenvalue weighted by molar-refractivity contribution is -0.154. The van der Waals surface area contributed by atoms with Crippen molar-refractivity contribution in [3.05, 3.63) is 23.8 Å². The first-order valence-electron chi connectivity index (χ1n) is 4.18. The Bertz CT molecular complexity index is 351. The van der Waals surface area contributed by atoms with Gasteiger partial charge in [-0.3, -0.25) is 9.59 Å². The summed E-state index contributed by atoms with van der Waals surface area (Å²) in [5.41, 5.74) is 0.127. The lowest BCUT2D eigenvalue weighted by atomic mass is 9.71. The summed E-state index contributed by atoms with van der Waals surface area (Å²) in [5.74, 6) is -1.29. The van der Waals surface area contributed by atoms with Gasteiger partial charge in [0.2, 0.25) is 0 Å². The first-order valence-corrected chi connectivity index (χ1v) is 4.18. The highest BCUT2D eigenvalue weighted by molar-refractivity contribution is 6.02.